The van der Waals surface area contributed by atoms with Crippen molar-refractivity contribution in [3.8, 4) is 0 Å². The van der Waals surface area contributed by atoms with Crippen LogP contribution in [0, 0.1) is 0 Å². The molecular formula is C7H14N2O. The highest BCUT2D eigenvalue weighted by Crippen LogP contribution is 2.15. The molecule has 0 radical (unpaired) electrons. The van der Waals surface area contributed by atoms with Crippen molar-refractivity contribution in [2.75, 3.05) is 32.8 Å². The second-order valence-electron chi connectivity index (χ2n) is 2.90. The van der Waals surface area contributed by atoms with Crippen LogP contribution in [0.25, 0.3) is 0 Å². The minimum Gasteiger partial charge on any atom is -0.363 e. The molecule has 2 aliphatic rings. The van der Waals surface area contributed by atoms with Gasteiger partial charge in [0.15, 0.2) is 0 Å². The molecule has 1 atom stereocenters. The summed E-state index contributed by atoms with van der Waals surface area (Å²) in [7, 11) is 0. The molecule has 0 spiro atoms. The summed E-state index contributed by atoms with van der Waals surface area (Å²) >= 11 is 0. The molecule has 0 aromatic heterocycles. The summed E-state index contributed by atoms with van der Waals surface area (Å²) < 4.78 is 5.37. The molecule has 0 amide bonds. The number of hydrogen-bond acceptors (Lipinski definition) is 3. The maximum Gasteiger partial charge on any atom is 0.112 e. The number of piperazine rings is 1. The van der Waals surface area contributed by atoms with Gasteiger partial charge < -0.3 is 10.1 Å². The molecule has 58 valence electrons. The SMILES string of the molecule is C1CN(C2CCO2)CCN1. The molecule has 0 aliphatic carbocycles. The highest BCUT2D eigenvalue weighted by molar-refractivity contribution is 4.74. The normalized spacial score (nSPS) is 35.4. The molecule has 3 heteroatoms. The van der Waals surface area contributed by atoms with Crippen molar-refractivity contribution in [3.63, 3.8) is 0 Å². The van der Waals surface area contributed by atoms with Crippen molar-refractivity contribution in [2.45, 2.75) is 12.6 Å². The van der Waals surface area contributed by atoms with Crippen molar-refractivity contribution >= 4 is 0 Å². The van der Waals surface area contributed by atoms with Crippen LogP contribution in [0.1, 0.15) is 6.42 Å². The summed E-state index contributed by atoms with van der Waals surface area (Å²) in [6.07, 6.45) is 1.70. The third kappa shape index (κ3) is 1.17. The lowest BCUT2D eigenvalue weighted by Gasteiger charge is -2.39. The van der Waals surface area contributed by atoms with E-state index in [2.05, 4.69) is 10.2 Å². The number of nitrogens with one attached hydrogen (secondary N) is 1. The first-order valence-corrected chi connectivity index (χ1v) is 4.03. The molecule has 0 aromatic rings. The second-order valence-corrected chi connectivity index (χ2v) is 2.90. The Hall–Kier alpha value is -0.120. The van der Waals surface area contributed by atoms with Gasteiger partial charge in [-0.2, -0.15) is 0 Å². The topological polar surface area (TPSA) is 24.5 Å². The predicted octanol–water partition coefficient (Wildman–Crippen LogP) is -0.362. The number of hydrogen-bond donors (Lipinski definition) is 1. The molecule has 3 nitrogen and oxygen atoms in total. The second kappa shape index (κ2) is 2.86. The Morgan fingerprint density at radius 3 is 2.50 bits per heavy atom. The quantitative estimate of drug-likeness (QED) is 0.541. The zero-order valence-electron chi connectivity index (χ0n) is 6.18. The lowest BCUT2D eigenvalue weighted by Crippen LogP contribution is -2.52. The Kier molecular flexibility index (Phi) is 1.88. The van der Waals surface area contributed by atoms with E-state index >= 15 is 0 Å². The first-order valence-electron chi connectivity index (χ1n) is 4.03. The summed E-state index contributed by atoms with van der Waals surface area (Å²) in [4.78, 5) is 2.42. The van der Waals surface area contributed by atoms with Gasteiger partial charge in [-0.1, -0.05) is 0 Å². The van der Waals surface area contributed by atoms with Crippen LogP contribution in [0.3, 0.4) is 0 Å². The first-order chi connectivity index (χ1) is 4.97. The van der Waals surface area contributed by atoms with Gasteiger partial charge in [-0.3, -0.25) is 4.90 Å². The molecule has 2 heterocycles. The minimum absolute atomic E-state index is 0.460. The van der Waals surface area contributed by atoms with Gasteiger partial charge in [0, 0.05) is 32.6 Å². The first kappa shape index (κ1) is 6.58. The van der Waals surface area contributed by atoms with E-state index in [4.69, 9.17) is 4.74 Å². The highest BCUT2D eigenvalue weighted by atomic mass is 16.5. The summed E-state index contributed by atoms with van der Waals surface area (Å²) in [5.74, 6) is 0. The Bertz CT molecular complexity index is 108. The zero-order valence-corrected chi connectivity index (χ0v) is 6.18. The largest absolute Gasteiger partial charge is 0.363 e. The van der Waals surface area contributed by atoms with Gasteiger partial charge in [-0.15, -0.1) is 0 Å². The third-order valence-corrected chi connectivity index (χ3v) is 2.23. The summed E-state index contributed by atoms with van der Waals surface area (Å²) in [6, 6.07) is 0. The van der Waals surface area contributed by atoms with Crippen LogP contribution in [-0.4, -0.2) is 43.9 Å². The fourth-order valence-electron chi connectivity index (χ4n) is 1.48. The van der Waals surface area contributed by atoms with E-state index in [0.29, 0.717) is 6.23 Å². The van der Waals surface area contributed by atoms with Crippen LogP contribution in [0.15, 0.2) is 0 Å². The molecule has 2 rings (SSSR count). The molecule has 0 aromatic carbocycles. The van der Waals surface area contributed by atoms with E-state index in [1.54, 1.807) is 0 Å². The Labute approximate surface area is 61.3 Å². The zero-order chi connectivity index (χ0) is 6.81. The minimum atomic E-state index is 0.460. The fourth-order valence-corrected chi connectivity index (χ4v) is 1.48. The van der Waals surface area contributed by atoms with Crippen molar-refractivity contribution in [2.24, 2.45) is 0 Å². The van der Waals surface area contributed by atoms with Gasteiger partial charge in [0.2, 0.25) is 0 Å². The van der Waals surface area contributed by atoms with Gasteiger partial charge >= 0.3 is 0 Å². The van der Waals surface area contributed by atoms with Crippen molar-refractivity contribution in [1.29, 1.82) is 0 Å². The average Bonchev–Trinajstić information content (AvgIpc) is 1.86. The van der Waals surface area contributed by atoms with Gasteiger partial charge in [-0.05, 0) is 0 Å². The van der Waals surface area contributed by atoms with E-state index in [1.807, 2.05) is 0 Å². The van der Waals surface area contributed by atoms with E-state index in [-0.39, 0.29) is 0 Å². The van der Waals surface area contributed by atoms with Crippen LogP contribution >= 0.6 is 0 Å². The van der Waals surface area contributed by atoms with E-state index in [9.17, 15) is 0 Å². The lowest BCUT2D eigenvalue weighted by molar-refractivity contribution is -0.146. The van der Waals surface area contributed by atoms with Crippen LogP contribution < -0.4 is 5.32 Å². The van der Waals surface area contributed by atoms with Gasteiger partial charge in [-0.25, -0.2) is 0 Å². The van der Waals surface area contributed by atoms with Crippen molar-refractivity contribution < 1.29 is 4.74 Å². The smallest absolute Gasteiger partial charge is 0.112 e. The highest BCUT2D eigenvalue weighted by Gasteiger charge is 2.26. The van der Waals surface area contributed by atoms with Crippen molar-refractivity contribution in [1.82, 2.24) is 10.2 Å². The van der Waals surface area contributed by atoms with E-state index in [1.165, 1.54) is 6.42 Å². The van der Waals surface area contributed by atoms with Gasteiger partial charge in [0.25, 0.3) is 0 Å². The standard InChI is InChI=1S/C7H14N2O/c1-6-10-7(1)9-4-2-8-3-5-9/h7-8H,1-6H2. The predicted molar refractivity (Wildman–Crippen MR) is 38.8 cm³/mol. The van der Waals surface area contributed by atoms with Crippen LogP contribution in [0.2, 0.25) is 0 Å². The molecule has 10 heavy (non-hydrogen) atoms. The molecule has 0 bridgehead atoms. The maximum absolute atomic E-state index is 5.37. The van der Waals surface area contributed by atoms with E-state index < -0.39 is 0 Å². The number of nitrogens with zero attached hydrogens (tertiary/aromatic N) is 1. The van der Waals surface area contributed by atoms with Gasteiger partial charge in [0.1, 0.15) is 6.23 Å². The van der Waals surface area contributed by atoms with E-state index in [0.717, 1.165) is 32.8 Å². The molecule has 1 N–H and O–H groups in total. The molecular weight excluding hydrogens is 128 g/mol. The summed E-state index contributed by atoms with van der Waals surface area (Å²) in [5, 5.41) is 3.32. The van der Waals surface area contributed by atoms with Gasteiger partial charge in [0.05, 0.1) is 6.61 Å². The monoisotopic (exact) mass is 142 g/mol. The molecule has 1 unspecified atom stereocenters. The van der Waals surface area contributed by atoms with Crippen LogP contribution in [0.4, 0.5) is 0 Å². The molecule has 2 fully saturated rings. The number of rotatable bonds is 1. The molecule has 2 aliphatic heterocycles. The Morgan fingerprint density at radius 1 is 1.30 bits per heavy atom. The Balaban J connectivity index is 1.78. The number of ether oxygens (including phenoxy) is 1. The average molecular weight is 142 g/mol. The van der Waals surface area contributed by atoms with Crippen LogP contribution in [-0.2, 0) is 4.74 Å². The lowest BCUT2D eigenvalue weighted by atomic mass is 10.2. The summed E-state index contributed by atoms with van der Waals surface area (Å²) in [6.45, 7) is 5.53. The van der Waals surface area contributed by atoms with Crippen molar-refractivity contribution in [3.05, 3.63) is 0 Å². The Morgan fingerprint density at radius 2 is 2.00 bits per heavy atom. The maximum atomic E-state index is 5.37. The fraction of sp³-hybridized carbons (Fsp3) is 1.00. The molecule has 2 saturated heterocycles. The third-order valence-electron chi connectivity index (χ3n) is 2.23. The van der Waals surface area contributed by atoms with Crippen LogP contribution in [0.5, 0.6) is 0 Å². The summed E-state index contributed by atoms with van der Waals surface area (Å²) in [5.41, 5.74) is 0. The molecule has 0 saturated carbocycles.